The van der Waals surface area contributed by atoms with Crippen molar-refractivity contribution in [2.24, 2.45) is 0 Å². The standard InChI is InChI=1S/C17H16N2O2/c1-13-11-18-8-7-16(13)12-19-17(21)15-6-2-4-14(10-15)5-3-9-20/h2,4,6-8,10-11,20H,9,12H2,1H3,(H,19,21). The van der Waals surface area contributed by atoms with Gasteiger partial charge in [-0.25, -0.2) is 0 Å². The van der Waals surface area contributed by atoms with E-state index in [4.69, 9.17) is 5.11 Å². The van der Waals surface area contributed by atoms with Gasteiger partial charge >= 0.3 is 0 Å². The first-order valence-corrected chi connectivity index (χ1v) is 6.58. The third-order valence-electron chi connectivity index (χ3n) is 3.01. The first-order valence-electron chi connectivity index (χ1n) is 6.58. The topological polar surface area (TPSA) is 62.2 Å². The lowest BCUT2D eigenvalue weighted by atomic mass is 10.1. The van der Waals surface area contributed by atoms with Gasteiger partial charge in [-0.05, 0) is 42.3 Å². The SMILES string of the molecule is Cc1cnccc1CNC(=O)c1cccc(C#CCO)c1. The Kier molecular flexibility index (Phi) is 5.08. The molecule has 1 aromatic carbocycles. The van der Waals surface area contributed by atoms with Gasteiger partial charge in [-0.1, -0.05) is 17.9 Å². The number of carbonyl (C=O) groups is 1. The molecule has 1 aromatic heterocycles. The van der Waals surface area contributed by atoms with E-state index >= 15 is 0 Å². The Hall–Kier alpha value is -2.64. The van der Waals surface area contributed by atoms with Gasteiger partial charge in [0.2, 0.25) is 0 Å². The zero-order chi connectivity index (χ0) is 15.1. The number of nitrogens with zero attached hydrogens (tertiary/aromatic N) is 1. The number of aliphatic hydroxyl groups excluding tert-OH is 1. The van der Waals surface area contributed by atoms with E-state index in [1.807, 2.05) is 13.0 Å². The van der Waals surface area contributed by atoms with Gasteiger partial charge in [-0.15, -0.1) is 0 Å². The molecule has 106 valence electrons. The third kappa shape index (κ3) is 4.16. The van der Waals surface area contributed by atoms with Crippen molar-refractivity contribution in [2.75, 3.05) is 6.61 Å². The van der Waals surface area contributed by atoms with Crippen LogP contribution in [0.25, 0.3) is 0 Å². The summed E-state index contributed by atoms with van der Waals surface area (Å²) in [6.45, 7) is 2.22. The lowest BCUT2D eigenvalue weighted by Gasteiger charge is -2.07. The number of aryl methyl sites for hydroxylation is 1. The maximum absolute atomic E-state index is 12.1. The molecule has 0 aliphatic heterocycles. The second kappa shape index (κ2) is 7.22. The van der Waals surface area contributed by atoms with Gasteiger partial charge in [0.05, 0.1) is 0 Å². The van der Waals surface area contributed by atoms with E-state index in [1.54, 1.807) is 36.7 Å². The minimum atomic E-state index is -0.197. The first-order chi connectivity index (χ1) is 10.2. The van der Waals surface area contributed by atoms with Crippen LogP contribution in [0.15, 0.2) is 42.7 Å². The molecule has 0 aliphatic carbocycles. The summed E-state index contributed by atoms with van der Waals surface area (Å²) in [5.41, 5.74) is 3.33. The van der Waals surface area contributed by atoms with E-state index in [9.17, 15) is 4.79 Å². The number of benzene rings is 1. The molecule has 0 saturated carbocycles. The highest BCUT2D eigenvalue weighted by Gasteiger charge is 2.06. The van der Waals surface area contributed by atoms with Crippen molar-refractivity contribution in [3.05, 3.63) is 65.0 Å². The number of amides is 1. The Labute approximate surface area is 123 Å². The van der Waals surface area contributed by atoms with E-state index in [2.05, 4.69) is 22.1 Å². The molecule has 0 fully saturated rings. The summed E-state index contributed by atoms with van der Waals surface area (Å²) >= 11 is 0. The zero-order valence-corrected chi connectivity index (χ0v) is 11.8. The van der Waals surface area contributed by atoms with Gasteiger partial charge in [-0.2, -0.15) is 0 Å². The normalized spacial score (nSPS) is 9.62. The molecule has 0 atom stereocenters. The Balaban J connectivity index is 2.05. The fraction of sp³-hybridized carbons (Fsp3) is 0.176. The Morgan fingerprint density at radius 3 is 3.00 bits per heavy atom. The van der Waals surface area contributed by atoms with Crippen LogP contribution in [-0.4, -0.2) is 22.6 Å². The summed E-state index contributed by atoms with van der Waals surface area (Å²) in [6, 6.07) is 8.90. The molecular formula is C17H16N2O2. The number of aliphatic hydroxyl groups is 1. The zero-order valence-electron chi connectivity index (χ0n) is 11.8. The Morgan fingerprint density at radius 2 is 2.24 bits per heavy atom. The quantitative estimate of drug-likeness (QED) is 0.841. The summed E-state index contributed by atoms with van der Waals surface area (Å²) < 4.78 is 0. The van der Waals surface area contributed by atoms with Gasteiger partial charge in [0.1, 0.15) is 6.61 Å². The number of carbonyl (C=O) groups excluding carboxylic acids is 1. The largest absolute Gasteiger partial charge is 0.384 e. The van der Waals surface area contributed by atoms with Crippen molar-refractivity contribution in [3.8, 4) is 11.8 Å². The minimum absolute atomic E-state index is 0.154. The average Bonchev–Trinajstić information content (AvgIpc) is 2.52. The van der Waals surface area contributed by atoms with E-state index < -0.39 is 0 Å². The van der Waals surface area contributed by atoms with Crippen LogP contribution < -0.4 is 5.32 Å². The van der Waals surface area contributed by atoms with Crippen LogP contribution >= 0.6 is 0 Å². The van der Waals surface area contributed by atoms with Crippen LogP contribution in [0.1, 0.15) is 27.0 Å². The van der Waals surface area contributed by atoms with Gasteiger partial charge in [0, 0.05) is 30.1 Å². The molecule has 0 unspecified atom stereocenters. The van der Waals surface area contributed by atoms with Crippen LogP contribution in [0.4, 0.5) is 0 Å². The maximum Gasteiger partial charge on any atom is 0.251 e. The van der Waals surface area contributed by atoms with Gasteiger partial charge < -0.3 is 10.4 Å². The molecule has 4 heteroatoms. The monoisotopic (exact) mass is 280 g/mol. The number of hydrogen-bond acceptors (Lipinski definition) is 3. The van der Waals surface area contributed by atoms with Crippen molar-refractivity contribution in [1.29, 1.82) is 0 Å². The number of hydrogen-bond donors (Lipinski definition) is 2. The molecule has 2 aromatic rings. The van der Waals surface area contributed by atoms with Crippen LogP contribution in [0.5, 0.6) is 0 Å². The predicted molar refractivity (Wildman–Crippen MR) is 80.6 cm³/mol. The van der Waals surface area contributed by atoms with Crippen molar-refractivity contribution in [1.82, 2.24) is 10.3 Å². The number of nitrogens with one attached hydrogen (secondary N) is 1. The van der Waals surface area contributed by atoms with Gasteiger partial charge in [0.15, 0.2) is 0 Å². The van der Waals surface area contributed by atoms with E-state index in [-0.39, 0.29) is 12.5 Å². The number of aromatic nitrogens is 1. The van der Waals surface area contributed by atoms with Gasteiger partial charge in [-0.3, -0.25) is 9.78 Å². The van der Waals surface area contributed by atoms with Crippen molar-refractivity contribution in [3.63, 3.8) is 0 Å². The lowest BCUT2D eigenvalue weighted by molar-refractivity contribution is 0.0951. The molecule has 0 aliphatic rings. The van der Waals surface area contributed by atoms with E-state index in [0.717, 1.165) is 11.1 Å². The molecule has 4 nitrogen and oxygen atoms in total. The van der Waals surface area contributed by atoms with Gasteiger partial charge in [0.25, 0.3) is 5.91 Å². The smallest absolute Gasteiger partial charge is 0.251 e. The minimum Gasteiger partial charge on any atom is -0.384 e. The molecule has 1 amide bonds. The van der Waals surface area contributed by atoms with Crippen molar-refractivity contribution < 1.29 is 9.90 Å². The highest BCUT2D eigenvalue weighted by molar-refractivity contribution is 5.94. The highest BCUT2D eigenvalue weighted by Crippen LogP contribution is 2.07. The number of rotatable bonds is 3. The molecule has 0 radical (unpaired) electrons. The summed E-state index contributed by atoms with van der Waals surface area (Å²) in [5.74, 6) is 5.19. The average molecular weight is 280 g/mol. The highest BCUT2D eigenvalue weighted by atomic mass is 16.2. The van der Waals surface area contributed by atoms with Crippen LogP contribution in [-0.2, 0) is 6.54 Å². The van der Waals surface area contributed by atoms with Crippen molar-refractivity contribution in [2.45, 2.75) is 13.5 Å². The Morgan fingerprint density at radius 1 is 1.38 bits per heavy atom. The van der Waals surface area contributed by atoms with Crippen LogP contribution in [0, 0.1) is 18.8 Å². The molecule has 0 spiro atoms. The molecular weight excluding hydrogens is 264 g/mol. The van der Waals surface area contributed by atoms with E-state index in [1.165, 1.54) is 0 Å². The summed E-state index contributed by atoms with van der Waals surface area (Å²) in [4.78, 5) is 16.2. The number of pyridine rings is 1. The first kappa shape index (κ1) is 14.8. The van der Waals surface area contributed by atoms with Crippen LogP contribution in [0.3, 0.4) is 0 Å². The fourth-order valence-electron chi connectivity index (χ4n) is 1.86. The second-order valence-corrected chi connectivity index (χ2v) is 4.53. The summed E-state index contributed by atoms with van der Waals surface area (Å²) in [5, 5.41) is 11.6. The third-order valence-corrected chi connectivity index (χ3v) is 3.01. The maximum atomic E-state index is 12.1. The summed E-state index contributed by atoms with van der Waals surface area (Å²) in [7, 11) is 0. The summed E-state index contributed by atoms with van der Waals surface area (Å²) in [6.07, 6.45) is 3.48. The lowest BCUT2D eigenvalue weighted by Crippen LogP contribution is -2.23. The van der Waals surface area contributed by atoms with E-state index in [0.29, 0.717) is 17.7 Å². The Bertz CT molecular complexity index is 699. The molecule has 21 heavy (non-hydrogen) atoms. The van der Waals surface area contributed by atoms with Crippen molar-refractivity contribution >= 4 is 5.91 Å². The molecule has 2 rings (SSSR count). The second-order valence-electron chi connectivity index (χ2n) is 4.53. The fourth-order valence-corrected chi connectivity index (χ4v) is 1.86. The molecule has 1 heterocycles. The molecule has 2 N–H and O–H groups in total. The van der Waals surface area contributed by atoms with Crippen LogP contribution in [0.2, 0.25) is 0 Å². The predicted octanol–water partition coefficient (Wildman–Crippen LogP) is 1.66. The molecule has 0 bridgehead atoms. The molecule has 0 saturated heterocycles.